The standard InChI is InChI=1S/C21H27N3O2/c1-21(2)13-18(16-7-5-6-8-17(16)21)23-20(25)15-9-10-19(22-14-15)26-12-11-24(3)4/h5-10,14,18H,11-13H2,1-4H3,(H,23,25). The molecular formula is C21H27N3O2. The third kappa shape index (κ3) is 4.05. The van der Waals surface area contributed by atoms with Crippen LogP contribution in [0, 0.1) is 0 Å². The highest BCUT2D eigenvalue weighted by atomic mass is 16.5. The monoisotopic (exact) mass is 353 g/mol. The Hall–Kier alpha value is -2.40. The molecule has 5 nitrogen and oxygen atoms in total. The number of amides is 1. The SMILES string of the molecule is CN(C)CCOc1ccc(C(=O)NC2CC(C)(C)c3ccccc32)cn1. The summed E-state index contributed by atoms with van der Waals surface area (Å²) in [6.45, 7) is 5.83. The maximum absolute atomic E-state index is 12.6. The zero-order valence-electron chi connectivity index (χ0n) is 16.0. The highest BCUT2D eigenvalue weighted by molar-refractivity contribution is 5.94. The maximum Gasteiger partial charge on any atom is 0.253 e. The van der Waals surface area contributed by atoms with E-state index < -0.39 is 0 Å². The molecule has 0 radical (unpaired) electrons. The van der Waals surface area contributed by atoms with Crippen LogP contribution in [0.5, 0.6) is 5.88 Å². The van der Waals surface area contributed by atoms with Crippen molar-refractivity contribution in [1.29, 1.82) is 0 Å². The van der Waals surface area contributed by atoms with Crippen molar-refractivity contribution < 1.29 is 9.53 Å². The lowest BCUT2D eigenvalue weighted by molar-refractivity contribution is 0.0933. The van der Waals surface area contributed by atoms with Crippen LogP contribution < -0.4 is 10.1 Å². The number of carbonyl (C=O) groups is 1. The molecule has 26 heavy (non-hydrogen) atoms. The van der Waals surface area contributed by atoms with Crippen LogP contribution in [0.4, 0.5) is 0 Å². The van der Waals surface area contributed by atoms with Gasteiger partial charge >= 0.3 is 0 Å². The Morgan fingerprint density at radius 3 is 2.73 bits per heavy atom. The number of likely N-dealkylation sites (N-methyl/N-ethyl adjacent to an activating group) is 1. The molecule has 1 heterocycles. The number of ether oxygens (including phenoxy) is 1. The van der Waals surface area contributed by atoms with Crippen LogP contribution in [0.3, 0.4) is 0 Å². The van der Waals surface area contributed by atoms with Gasteiger partial charge in [0.25, 0.3) is 5.91 Å². The number of pyridine rings is 1. The number of nitrogens with zero attached hydrogens (tertiary/aromatic N) is 2. The molecule has 1 amide bonds. The van der Waals surface area contributed by atoms with E-state index in [1.807, 2.05) is 25.1 Å². The zero-order chi connectivity index (χ0) is 18.7. The first kappa shape index (κ1) is 18.4. The number of fused-ring (bicyclic) bond motifs is 1. The molecule has 3 rings (SSSR count). The quantitative estimate of drug-likeness (QED) is 0.867. The van der Waals surface area contributed by atoms with Crippen molar-refractivity contribution in [3.63, 3.8) is 0 Å². The molecule has 0 bridgehead atoms. The van der Waals surface area contributed by atoms with Crippen molar-refractivity contribution in [3.8, 4) is 5.88 Å². The minimum Gasteiger partial charge on any atom is -0.476 e. The Morgan fingerprint density at radius 2 is 2.04 bits per heavy atom. The van der Waals surface area contributed by atoms with Gasteiger partial charge in [-0.25, -0.2) is 4.98 Å². The third-order valence-electron chi connectivity index (χ3n) is 4.87. The molecule has 1 atom stereocenters. The van der Waals surface area contributed by atoms with E-state index in [0.717, 1.165) is 13.0 Å². The Balaban J connectivity index is 1.64. The molecule has 1 aliphatic carbocycles. The van der Waals surface area contributed by atoms with Gasteiger partial charge < -0.3 is 15.0 Å². The van der Waals surface area contributed by atoms with E-state index in [9.17, 15) is 4.79 Å². The van der Waals surface area contributed by atoms with Gasteiger partial charge in [-0.1, -0.05) is 38.1 Å². The topological polar surface area (TPSA) is 54.5 Å². The number of nitrogens with one attached hydrogen (secondary N) is 1. The number of benzene rings is 1. The lowest BCUT2D eigenvalue weighted by atomic mass is 9.86. The van der Waals surface area contributed by atoms with Crippen LogP contribution in [0.2, 0.25) is 0 Å². The number of carbonyl (C=O) groups excluding carboxylic acids is 1. The molecule has 1 aliphatic rings. The second-order valence-corrected chi connectivity index (χ2v) is 7.74. The normalized spacial score (nSPS) is 17.8. The molecule has 0 saturated heterocycles. The Bertz CT molecular complexity index is 769. The summed E-state index contributed by atoms with van der Waals surface area (Å²) in [5, 5.41) is 3.16. The van der Waals surface area contributed by atoms with Gasteiger partial charge in [-0.15, -0.1) is 0 Å². The van der Waals surface area contributed by atoms with Gasteiger partial charge in [-0.2, -0.15) is 0 Å². The van der Waals surface area contributed by atoms with Crippen molar-refractivity contribution >= 4 is 5.91 Å². The third-order valence-corrected chi connectivity index (χ3v) is 4.87. The number of hydrogen-bond acceptors (Lipinski definition) is 4. The van der Waals surface area contributed by atoms with Crippen LogP contribution >= 0.6 is 0 Å². The molecule has 0 spiro atoms. The van der Waals surface area contributed by atoms with E-state index in [1.54, 1.807) is 18.3 Å². The summed E-state index contributed by atoms with van der Waals surface area (Å²) in [4.78, 5) is 18.9. The van der Waals surface area contributed by atoms with Crippen LogP contribution in [0.1, 0.15) is 47.8 Å². The van der Waals surface area contributed by atoms with Gasteiger partial charge in [0, 0.05) is 18.8 Å². The number of aromatic nitrogens is 1. The Labute approximate surface area is 155 Å². The second-order valence-electron chi connectivity index (χ2n) is 7.74. The van der Waals surface area contributed by atoms with E-state index in [-0.39, 0.29) is 17.4 Å². The first-order valence-electron chi connectivity index (χ1n) is 9.01. The van der Waals surface area contributed by atoms with Crippen molar-refractivity contribution in [2.45, 2.75) is 31.7 Å². The zero-order valence-corrected chi connectivity index (χ0v) is 16.0. The molecule has 0 saturated carbocycles. The Kier molecular flexibility index (Phi) is 5.28. The van der Waals surface area contributed by atoms with E-state index >= 15 is 0 Å². The summed E-state index contributed by atoms with van der Waals surface area (Å²) >= 11 is 0. The van der Waals surface area contributed by atoms with E-state index in [1.165, 1.54) is 11.1 Å². The van der Waals surface area contributed by atoms with Gasteiger partial charge in [0.1, 0.15) is 6.61 Å². The van der Waals surface area contributed by atoms with Gasteiger partial charge in [-0.05, 0) is 43.1 Å². The predicted octanol–water partition coefficient (Wildman–Crippen LogP) is 3.17. The van der Waals surface area contributed by atoms with Crippen LogP contribution in [-0.2, 0) is 5.41 Å². The second kappa shape index (κ2) is 7.46. The molecule has 2 aromatic rings. The van der Waals surface area contributed by atoms with Gasteiger partial charge in [0.05, 0.1) is 11.6 Å². The van der Waals surface area contributed by atoms with Crippen LogP contribution in [0.25, 0.3) is 0 Å². The van der Waals surface area contributed by atoms with E-state index in [2.05, 4.69) is 42.3 Å². The highest BCUT2D eigenvalue weighted by Gasteiger charge is 2.37. The summed E-state index contributed by atoms with van der Waals surface area (Å²) in [7, 11) is 3.99. The fourth-order valence-electron chi connectivity index (χ4n) is 3.45. The van der Waals surface area contributed by atoms with Gasteiger partial charge in [-0.3, -0.25) is 4.79 Å². The first-order valence-corrected chi connectivity index (χ1v) is 9.01. The minimum atomic E-state index is -0.102. The van der Waals surface area contributed by atoms with Crippen LogP contribution in [0.15, 0.2) is 42.6 Å². The first-order chi connectivity index (χ1) is 12.4. The van der Waals surface area contributed by atoms with Crippen molar-refractivity contribution in [2.75, 3.05) is 27.2 Å². The van der Waals surface area contributed by atoms with Gasteiger partial charge in [0.2, 0.25) is 5.88 Å². The summed E-state index contributed by atoms with van der Waals surface area (Å²) in [6.07, 6.45) is 2.48. The summed E-state index contributed by atoms with van der Waals surface area (Å²) in [6, 6.07) is 11.9. The average Bonchev–Trinajstić information content (AvgIpc) is 2.86. The molecule has 1 aromatic carbocycles. The van der Waals surface area contributed by atoms with Crippen LogP contribution in [-0.4, -0.2) is 43.0 Å². The summed E-state index contributed by atoms with van der Waals surface area (Å²) in [5.74, 6) is 0.436. The molecule has 1 unspecified atom stereocenters. The van der Waals surface area contributed by atoms with Crippen molar-refractivity contribution in [2.24, 2.45) is 0 Å². The molecule has 138 valence electrons. The van der Waals surface area contributed by atoms with Crippen molar-refractivity contribution in [3.05, 3.63) is 59.3 Å². The van der Waals surface area contributed by atoms with E-state index in [4.69, 9.17) is 4.74 Å². The number of rotatable bonds is 6. The highest BCUT2D eigenvalue weighted by Crippen LogP contribution is 2.44. The molecule has 1 N–H and O–H groups in total. The lowest BCUT2D eigenvalue weighted by Crippen LogP contribution is -2.28. The summed E-state index contributed by atoms with van der Waals surface area (Å²) in [5.41, 5.74) is 3.14. The molecule has 0 fully saturated rings. The molecular weight excluding hydrogens is 326 g/mol. The largest absolute Gasteiger partial charge is 0.476 e. The Morgan fingerprint density at radius 1 is 1.27 bits per heavy atom. The fourth-order valence-corrected chi connectivity index (χ4v) is 3.45. The predicted molar refractivity (Wildman–Crippen MR) is 103 cm³/mol. The lowest BCUT2D eigenvalue weighted by Gasteiger charge is -2.19. The smallest absolute Gasteiger partial charge is 0.253 e. The molecule has 1 aromatic heterocycles. The van der Waals surface area contributed by atoms with E-state index in [0.29, 0.717) is 18.1 Å². The minimum absolute atomic E-state index is 0.0321. The average molecular weight is 353 g/mol. The molecule has 0 aliphatic heterocycles. The van der Waals surface area contributed by atoms with Crippen molar-refractivity contribution in [1.82, 2.24) is 15.2 Å². The fraction of sp³-hybridized carbons (Fsp3) is 0.429. The summed E-state index contributed by atoms with van der Waals surface area (Å²) < 4.78 is 5.57. The maximum atomic E-state index is 12.6. The van der Waals surface area contributed by atoms with Gasteiger partial charge in [0.15, 0.2) is 0 Å². The molecule has 5 heteroatoms. The number of hydrogen-bond donors (Lipinski definition) is 1.